The molecule has 0 radical (unpaired) electrons. The number of anilines is 1. The maximum Gasteiger partial charge on any atom is 0.433 e. The Hall–Kier alpha value is -2.82. The molecule has 1 N–H and O–H groups in total. The van der Waals surface area contributed by atoms with Crippen molar-refractivity contribution in [3.8, 4) is 11.5 Å². The van der Waals surface area contributed by atoms with Gasteiger partial charge in [0, 0.05) is 17.8 Å². The molecule has 0 fully saturated rings. The maximum atomic E-state index is 12.7. The van der Waals surface area contributed by atoms with Crippen molar-refractivity contribution >= 4 is 29.1 Å². The van der Waals surface area contributed by atoms with Crippen molar-refractivity contribution in [2.45, 2.75) is 18.3 Å². The number of thioether (sulfide) groups is 1. The molecule has 0 bridgehead atoms. The SMILES string of the molecule is CC(=O)c1cc2c(cc1NC(=O)CSc1nccc(C(F)(F)F)n1)OCO2. The predicted octanol–water partition coefficient (Wildman–Crippen LogP) is 3.16. The van der Waals surface area contributed by atoms with Gasteiger partial charge < -0.3 is 14.8 Å². The summed E-state index contributed by atoms with van der Waals surface area (Å²) in [5.74, 6) is -0.304. The fourth-order valence-electron chi connectivity index (χ4n) is 2.22. The van der Waals surface area contributed by atoms with Gasteiger partial charge in [-0.3, -0.25) is 9.59 Å². The number of carbonyl (C=O) groups excluding carboxylic acids is 2. The van der Waals surface area contributed by atoms with Crippen molar-refractivity contribution in [1.82, 2.24) is 9.97 Å². The van der Waals surface area contributed by atoms with Crippen molar-refractivity contribution < 1.29 is 32.2 Å². The van der Waals surface area contributed by atoms with E-state index in [1.807, 2.05) is 0 Å². The van der Waals surface area contributed by atoms with Crippen molar-refractivity contribution in [3.05, 3.63) is 35.7 Å². The summed E-state index contributed by atoms with van der Waals surface area (Å²) in [6.45, 7) is 1.34. The van der Waals surface area contributed by atoms with Crippen molar-refractivity contribution in [3.63, 3.8) is 0 Å². The van der Waals surface area contributed by atoms with Gasteiger partial charge in [-0.1, -0.05) is 11.8 Å². The Bertz CT molecular complexity index is 905. The van der Waals surface area contributed by atoms with E-state index in [1.54, 1.807) is 0 Å². The molecule has 7 nitrogen and oxygen atoms in total. The first-order valence-corrected chi connectivity index (χ1v) is 8.50. The van der Waals surface area contributed by atoms with Gasteiger partial charge >= 0.3 is 6.18 Å². The summed E-state index contributed by atoms with van der Waals surface area (Å²) in [5.41, 5.74) is -0.634. The Labute approximate surface area is 155 Å². The van der Waals surface area contributed by atoms with Crippen LogP contribution in [0.4, 0.5) is 18.9 Å². The van der Waals surface area contributed by atoms with Gasteiger partial charge in [0.1, 0.15) is 5.69 Å². The first-order valence-electron chi connectivity index (χ1n) is 7.51. The van der Waals surface area contributed by atoms with Gasteiger partial charge in [0.25, 0.3) is 0 Å². The number of aromatic nitrogens is 2. The number of carbonyl (C=O) groups is 2. The molecule has 0 spiro atoms. The highest BCUT2D eigenvalue weighted by molar-refractivity contribution is 7.99. The lowest BCUT2D eigenvalue weighted by Crippen LogP contribution is -2.16. The molecule has 0 unspecified atom stereocenters. The zero-order valence-corrected chi connectivity index (χ0v) is 14.6. The largest absolute Gasteiger partial charge is 0.454 e. The van der Waals surface area contributed by atoms with Crippen LogP contribution < -0.4 is 14.8 Å². The lowest BCUT2D eigenvalue weighted by molar-refractivity contribution is -0.141. The van der Waals surface area contributed by atoms with Crippen molar-refractivity contribution in [1.29, 1.82) is 0 Å². The number of ketones is 1. The quantitative estimate of drug-likeness (QED) is 0.469. The molecule has 11 heteroatoms. The van der Waals surface area contributed by atoms with E-state index in [9.17, 15) is 22.8 Å². The van der Waals surface area contributed by atoms with E-state index in [0.29, 0.717) is 11.5 Å². The van der Waals surface area contributed by atoms with Gasteiger partial charge in [0.15, 0.2) is 22.4 Å². The Morgan fingerprint density at radius 3 is 2.63 bits per heavy atom. The van der Waals surface area contributed by atoms with E-state index >= 15 is 0 Å². The van der Waals surface area contributed by atoms with E-state index in [2.05, 4.69) is 15.3 Å². The molecular formula is C16H12F3N3O4S. The summed E-state index contributed by atoms with van der Waals surface area (Å²) < 4.78 is 48.4. The van der Waals surface area contributed by atoms with Gasteiger partial charge in [-0.2, -0.15) is 13.2 Å². The van der Waals surface area contributed by atoms with E-state index in [4.69, 9.17) is 9.47 Å². The van der Waals surface area contributed by atoms with Crippen molar-refractivity contribution in [2.24, 2.45) is 0 Å². The lowest BCUT2D eigenvalue weighted by atomic mass is 10.1. The van der Waals surface area contributed by atoms with Crippen molar-refractivity contribution in [2.75, 3.05) is 17.9 Å². The van der Waals surface area contributed by atoms with Crippen LogP contribution >= 0.6 is 11.8 Å². The normalized spacial score (nSPS) is 12.7. The third kappa shape index (κ3) is 4.48. The average molecular weight is 399 g/mol. The van der Waals surface area contributed by atoms with E-state index < -0.39 is 17.8 Å². The predicted molar refractivity (Wildman–Crippen MR) is 89.0 cm³/mol. The minimum absolute atomic E-state index is 0.00676. The summed E-state index contributed by atoms with van der Waals surface area (Å²) >= 11 is 0.743. The van der Waals surface area contributed by atoms with Crippen LogP contribution in [0.15, 0.2) is 29.6 Å². The molecule has 0 saturated heterocycles. The summed E-state index contributed by atoms with van der Waals surface area (Å²) in [6, 6.07) is 3.67. The van der Waals surface area contributed by atoms with Crippen LogP contribution in [0.5, 0.6) is 11.5 Å². The smallest absolute Gasteiger partial charge is 0.433 e. The van der Waals surface area contributed by atoms with Crippen LogP contribution in [0.25, 0.3) is 0 Å². The summed E-state index contributed by atoms with van der Waals surface area (Å²) in [7, 11) is 0. The average Bonchev–Trinajstić information content (AvgIpc) is 3.06. The number of ether oxygens (including phenoxy) is 2. The Kier molecular flexibility index (Phi) is 5.22. The number of nitrogens with zero attached hydrogens (tertiary/aromatic N) is 2. The summed E-state index contributed by atoms with van der Waals surface area (Å²) in [5, 5.41) is 2.36. The molecule has 1 aromatic heterocycles. The van der Waals surface area contributed by atoms with E-state index in [0.717, 1.165) is 24.0 Å². The number of benzene rings is 1. The summed E-state index contributed by atoms with van der Waals surface area (Å²) in [4.78, 5) is 31.0. The maximum absolute atomic E-state index is 12.7. The minimum Gasteiger partial charge on any atom is -0.454 e. The zero-order valence-electron chi connectivity index (χ0n) is 13.8. The van der Waals surface area contributed by atoms with Gasteiger partial charge in [-0.25, -0.2) is 9.97 Å². The van der Waals surface area contributed by atoms with Gasteiger partial charge in [0.2, 0.25) is 12.7 Å². The van der Waals surface area contributed by atoms with Crippen LogP contribution in [0.2, 0.25) is 0 Å². The highest BCUT2D eigenvalue weighted by atomic mass is 32.2. The number of fused-ring (bicyclic) bond motifs is 1. The minimum atomic E-state index is -4.59. The zero-order chi connectivity index (χ0) is 19.6. The number of Topliss-reactive ketones (excluding diaryl/α,β-unsaturated/α-hetero) is 1. The fraction of sp³-hybridized carbons (Fsp3) is 0.250. The van der Waals surface area contributed by atoms with E-state index in [1.165, 1.54) is 19.1 Å². The molecule has 0 saturated carbocycles. The summed E-state index contributed by atoms with van der Waals surface area (Å²) in [6.07, 6.45) is -3.62. The fourth-order valence-corrected chi connectivity index (χ4v) is 2.85. The molecule has 27 heavy (non-hydrogen) atoms. The molecule has 1 aromatic carbocycles. The Balaban J connectivity index is 1.69. The number of alkyl halides is 3. The number of nitrogens with one attached hydrogen (secondary N) is 1. The second kappa shape index (κ2) is 7.43. The topological polar surface area (TPSA) is 90.4 Å². The molecule has 142 valence electrons. The van der Waals surface area contributed by atoms with Gasteiger partial charge in [0.05, 0.1) is 11.4 Å². The number of hydrogen-bond acceptors (Lipinski definition) is 7. The van der Waals surface area contributed by atoms with Gasteiger partial charge in [-0.15, -0.1) is 0 Å². The Morgan fingerprint density at radius 2 is 1.96 bits per heavy atom. The molecular weight excluding hydrogens is 387 g/mol. The standard InChI is InChI=1S/C16H12F3N3O4S/c1-8(23)9-4-11-12(26-7-25-11)5-10(9)21-14(24)6-27-15-20-3-2-13(22-15)16(17,18)19/h2-5H,6-7H2,1H3,(H,21,24). The Morgan fingerprint density at radius 1 is 1.26 bits per heavy atom. The highest BCUT2D eigenvalue weighted by Crippen LogP contribution is 2.37. The first-order chi connectivity index (χ1) is 12.7. The molecule has 2 heterocycles. The first kappa shape index (κ1) is 19.0. The molecule has 1 aliphatic rings. The molecule has 1 aliphatic heterocycles. The van der Waals surface area contributed by atoms with E-state index in [-0.39, 0.29) is 34.7 Å². The van der Waals surface area contributed by atoms with Crippen LogP contribution in [0, 0.1) is 0 Å². The highest BCUT2D eigenvalue weighted by Gasteiger charge is 2.32. The number of halogens is 3. The van der Waals surface area contributed by atoms with Crippen LogP contribution in [-0.2, 0) is 11.0 Å². The monoisotopic (exact) mass is 399 g/mol. The molecule has 2 aromatic rings. The molecule has 3 rings (SSSR count). The van der Waals surface area contributed by atoms with Gasteiger partial charge in [-0.05, 0) is 19.1 Å². The molecule has 1 amide bonds. The number of amides is 1. The van der Waals surface area contributed by atoms with Crippen LogP contribution in [-0.4, -0.2) is 34.2 Å². The van der Waals surface area contributed by atoms with Crippen LogP contribution in [0.3, 0.4) is 0 Å². The third-order valence-corrected chi connectivity index (χ3v) is 4.28. The molecule has 0 atom stereocenters. The third-order valence-electron chi connectivity index (χ3n) is 3.42. The second-order valence-corrected chi connectivity index (χ2v) is 6.31. The lowest BCUT2D eigenvalue weighted by Gasteiger charge is -2.10. The number of hydrogen-bond donors (Lipinski definition) is 1. The number of rotatable bonds is 5. The molecule has 0 aliphatic carbocycles. The van der Waals surface area contributed by atoms with Crippen LogP contribution in [0.1, 0.15) is 23.0 Å². The second-order valence-electron chi connectivity index (χ2n) is 5.37.